The molecular formula is C51H88N4O15S. The van der Waals surface area contributed by atoms with Gasteiger partial charge < -0.3 is 63.3 Å². The first-order chi connectivity index (χ1) is 33.9. The van der Waals surface area contributed by atoms with Crippen LogP contribution in [-0.2, 0) is 74.6 Å². The van der Waals surface area contributed by atoms with Crippen molar-refractivity contribution in [2.75, 3.05) is 151 Å². The van der Waals surface area contributed by atoms with Crippen molar-refractivity contribution in [2.24, 2.45) is 0 Å². The van der Waals surface area contributed by atoms with Crippen LogP contribution in [0.4, 0.5) is 0 Å². The number of nitrogens with zero attached hydrogens (tertiary/aromatic N) is 1. The molecule has 0 amide bonds. The van der Waals surface area contributed by atoms with Gasteiger partial charge in [-0.05, 0) is 97.2 Å². The summed E-state index contributed by atoms with van der Waals surface area (Å²) in [6.45, 7) is 29.1. The van der Waals surface area contributed by atoms with E-state index in [2.05, 4.69) is 20.9 Å². The zero-order valence-corrected chi connectivity index (χ0v) is 45.0. The van der Waals surface area contributed by atoms with Crippen molar-refractivity contribution in [3.8, 4) is 11.5 Å². The number of esters is 2. The van der Waals surface area contributed by atoms with Crippen molar-refractivity contribution < 1.29 is 69.6 Å². The van der Waals surface area contributed by atoms with Gasteiger partial charge in [-0.25, -0.2) is 4.79 Å². The molecule has 71 heavy (non-hydrogen) atoms. The molecular weight excluding hydrogens is 941 g/mol. The molecule has 1 fully saturated rings. The lowest BCUT2D eigenvalue weighted by Gasteiger charge is -2.33. The maximum atomic E-state index is 13.4. The summed E-state index contributed by atoms with van der Waals surface area (Å²) in [5.74, 6) is 0.485. The second-order valence-electron chi connectivity index (χ2n) is 18.4. The van der Waals surface area contributed by atoms with E-state index in [-0.39, 0.29) is 18.4 Å². The summed E-state index contributed by atoms with van der Waals surface area (Å²) in [6, 6.07) is 14.5. The predicted octanol–water partition coefficient (Wildman–Crippen LogP) is 3.84. The molecule has 0 saturated carbocycles. The van der Waals surface area contributed by atoms with Gasteiger partial charge in [-0.2, -0.15) is 8.42 Å². The zero-order valence-electron chi connectivity index (χ0n) is 44.2. The van der Waals surface area contributed by atoms with Crippen LogP contribution < -0.4 is 25.4 Å². The lowest BCUT2D eigenvalue weighted by atomic mass is 10.0. The molecule has 0 radical (unpaired) electrons. The lowest BCUT2D eigenvalue weighted by molar-refractivity contribution is -0.163. The van der Waals surface area contributed by atoms with Crippen LogP contribution in [0.3, 0.4) is 0 Å². The molecule has 1 saturated heterocycles. The fourth-order valence-electron chi connectivity index (χ4n) is 6.55. The van der Waals surface area contributed by atoms with E-state index in [0.717, 1.165) is 69.9 Å². The molecule has 3 N–H and O–H groups in total. The number of hydrogen-bond donors (Lipinski definition) is 3. The standard InChI is InChI=1S/C29H52N4O6.C22H36O9S/c1-5-35-18-19-36-20-21-37-22-23-38-26-8-6-25(7-9-26)24-27(28(34)39-29(2,3)4)33-16-14-31-12-10-30-11-13-32-15-17-33;1-6-26-11-12-27-13-14-28-15-16-29-19-9-7-18(8-10-19)17-20(31-32(5,24)25)21(23)30-22(2,3)4/h6-9,27,30-32H,5,10-24H2,1-4H3;7-10,20H,6,11-17H2,1-5H3/t27-;20-/m01/s1. The topological polar surface area (TPSA) is 209 Å². The SMILES string of the molecule is CCOCCOCCOCCOc1ccc(C[C@@H](C(=O)OC(C)(C)C)N2CCNCCNCCNCC2)cc1.CCOCCOCCOCCOc1ccc(C[C@@H](OS(C)(=O)=O)C(=O)OC(C)(C)C)cc1. The molecule has 2 aromatic rings. The van der Waals surface area contributed by atoms with Gasteiger partial charge in [0.25, 0.3) is 10.1 Å². The average Bonchev–Trinajstić information content (AvgIpc) is 3.29. The Bertz CT molecular complexity index is 1770. The molecule has 1 aliphatic heterocycles. The Morgan fingerprint density at radius 1 is 0.521 bits per heavy atom. The third-order valence-electron chi connectivity index (χ3n) is 9.77. The van der Waals surface area contributed by atoms with Crippen LogP contribution in [-0.4, -0.2) is 200 Å². The summed E-state index contributed by atoms with van der Waals surface area (Å²) in [7, 11) is -3.83. The van der Waals surface area contributed by atoms with Crippen molar-refractivity contribution in [3.63, 3.8) is 0 Å². The Morgan fingerprint density at radius 3 is 1.25 bits per heavy atom. The molecule has 19 nitrogen and oxygen atoms in total. The molecule has 2 aromatic carbocycles. The lowest BCUT2D eigenvalue weighted by Crippen LogP contribution is -2.51. The summed E-state index contributed by atoms with van der Waals surface area (Å²) in [5.41, 5.74) is 0.470. The summed E-state index contributed by atoms with van der Waals surface area (Å²) in [6.07, 6.45) is 0.258. The normalized spacial score (nSPS) is 15.3. The second-order valence-corrected chi connectivity index (χ2v) is 20.0. The van der Waals surface area contributed by atoms with E-state index in [1.807, 2.05) is 58.9 Å². The molecule has 1 aliphatic rings. The minimum atomic E-state index is -3.83. The average molecular weight is 1030 g/mol. The summed E-state index contributed by atoms with van der Waals surface area (Å²) < 4.78 is 82.8. The van der Waals surface area contributed by atoms with Gasteiger partial charge in [-0.1, -0.05) is 24.3 Å². The number of hydrogen-bond acceptors (Lipinski definition) is 19. The van der Waals surface area contributed by atoms with Crippen molar-refractivity contribution in [1.29, 1.82) is 0 Å². The van der Waals surface area contributed by atoms with Crippen LogP contribution in [0.5, 0.6) is 11.5 Å². The molecule has 0 aliphatic carbocycles. The van der Waals surface area contributed by atoms with E-state index in [0.29, 0.717) is 110 Å². The van der Waals surface area contributed by atoms with Gasteiger partial charge in [0.05, 0.1) is 72.3 Å². The van der Waals surface area contributed by atoms with Gasteiger partial charge in [-0.15, -0.1) is 0 Å². The quantitative estimate of drug-likeness (QED) is 0.0557. The molecule has 0 unspecified atom stereocenters. The molecule has 20 heteroatoms. The second kappa shape index (κ2) is 37.3. The highest BCUT2D eigenvalue weighted by molar-refractivity contribution is 7.86. The van der Waals surface area contributed by atoms with Gasteiger partial charge in [-0.3, -0.25) is 13.9 Å². The highest BCUT2D eigenvalue weighted by Gasteiger charge is 2.31. The zero-order chi connectivity index (χ0) is 52.2. The minimum Gasteiger partial charge on any atom is -0.491 e. The smallest absolute Gasteiger partial charge is 0.337 e. The van der Waals surface area contributed by atoms with Crippen LogP contribution in [0.15, 0.2) is 48.5 Å². The van der Waals surface area contributed by atoms with E-state index in [9.17, 15) is 18.0 Å². The molecule has 2 atom stereocenters. The molecule has 3 rings (SSSR count). The first kappa shape index (κ1) is 63.6. The van der Waals surface area contributed by atoms with Crippen LogP contribution in [0.2, 0.25) is 0 Å². The van der Waals surface area contributed by atoms with E-state index in [1.165, 1.54) is 0 Å². The van der Waals surface area contributed by atoms with Crippen LogP contribution in [0.25, 0.3) is 0 Å². The minimum absolute atomic E-state index is 0.0503. The largest absolute Gasteiger partial charge is 0.491 e. The summed E-state index contributed by atoms with van der Waals surface area (Å²) in [4.78, 5) is 28.0. The van der Waals surface area contributed by atoms with Crippen molar-refractivity contribution in [1.82, 2.24) is 20.9 Å². The summed E-state index contributed by atoms with van der Waals surface area (Å²) in [5, 5.41) is 10.4. The van der Waals surface area contributed by atoms with Crippen LogP contribution in [0, 0.1) is 0 Å². The predicted molar refractivity (Wildman–Crippen MR) is 273 cm³/mol. The van der Waals surface area contributed by atoms with E-state index >= 15 is 0 Å². The van der Waals surface area contributed by atoms with Crippen LogP contribution in [0.1, 0.15) is 66.5 Å². The Morgan fingerprint density at radius 2 is 0.873 bits per heavy atom. The highest BCUT2D eigenvalue weighted by atomic mass is 32.2. The van der Waals surface area contributed by atoms with Gasteiger partial charge >= 0.3 is 11.9 Å². The van der Waals surface area contributed by atoms with Crippen LogP contribution >= 0.6 is 0 Å². The van der Waals surface area contributed by atoms with Gasteiger partial charge in [0.2, 0.25) is 0 Å². The Kier molecular flexibility index (Phi) is 33.4. The third-order valence-corrected chi connectivity index (χ3v) is 10.4. The first-order valence-electron chi connectivity index (χ1n) is 25.0. The van der Waals surface area contributed by atoms with Crippen molar-refractivity contribution >= 4 is 22.1 Å². The maximum absolute atomic E-state index is 13.4. The number of rotatable bonds is 31. The summed E-state index contributed by atoms with van der Waals surface area (Å²) >= 11 is 0. The van der Waals surface area contributed by atoms with E-state index in [1.54, 1.807) is 45.0 Å². The molecule has 408 valence electrons. The number of nitrogens with one attached hydrogen (secondary N) is 3. The fourth-order valence-corrected chi connectivity index (χ4v) is 7.12. The third kappa shape index (κ3) is 34.5. The highest BCUT2D eigenvalue weighted by Crippen LogP contribution is 2.20. The van der Waals surface area contributed by atoms with Gasteiger partial charge in [0, 0.05) is 72.0 Å². The number of carbonyl (C=O) groups excluding carboxylic acids is 2. The Labute approximate surface area is 425 Å². The molecule has 1 heterocycles. The van der Waals surface area contributed by atoms with E-state index < -0.39 is 33.4 Å². The fraction of sp³-hybridized carbons (Fsp3) is 0.725. The molecule has 0 aromatic heterocycles. The number of benzene rings is 2. The maximum Gasteiger partial charge on any atom is 0.337 e. The molecule has 0 spiro atoms. The van der Waals surface area contributed by atoms with Crippen molar-refractivity contribution in [3.05, 3.63) is 59.7 Å². The monoisotopic (exact) mass is 1030 g/mol. The molecule has 0 bridgehead atoms. The first-order valence-corrected chi connectivity index (χ1v) is 26.8. The number of ether oxygens (including phenoxy) is 10. The van der Waals surface area contributed by atoms with E-state index in [4.69, 9.17) is 51.6 Å². The Hall–Kier alpha value is -3.51. The van der Waals surface area contributed by atoms with Crippen molar-refractivity contribution in [2.45, 2.75) is 91.6 Å². The Balaban J connectivity index is 0.000000497. The van der Waals surface area contributed by atoms with Gasteiger partial charge in [0.15, 0.2) is 6.10 Å². The van der Waals surface area contributed by atoms with Gasteiger partial charge in [0.1, 0.15) is 42.0 Å². The number of carbonyl (C=O) groups is 2.